The molecule has 0 aliphatic rings. The number of aromatic nitrogens is 3. The van der Waals surface area contributed by atoms with Crippen molar-refractivity contribution in [2.45, 2.75) is 0 Å². The number of nitrogens with zero attached hydrogens (tertiary/aromatic N) is 3. The Bertz CT molecular complexity index is 3190. The van der Waals surface area contributed by atoms with Gasteiger partial charge in [-0.05, 0) is 44.7 Å². The molecule has 0 fully saturated rings. The Morgan fingerprint density at radius 3 is 1.74 bits per heavy atom. The molecule has 4 nitrogen and oxygen atoms in total. The van der Waals surface area contributed by atoms with Crippen molar-refractivity contribution in [2.24, 2.45) is 0 Å². The second-order valence-corrected chi connectivity index (χ2v) is 12.8. The van der Waals surface area contributed by atoms with Gasteiger partial charge in [-0.3, -0.25) is 0 Å². The lowest BCUT2D eigenvalue weighted by Gasteiger charge is -2.10. The zero-order chi connectivity index (χ0) is 39.5. The Hall–Kier alpha value is -7.17. The minimum atomic E-state index is -0.488. The molecule has 2 aromatic heterocycles. The molecule has 2 heterocycles. The molecule has 10 rings (SSSR count). The molecular formula is C49H31N3O. The van der Waals surface area contributed by atoms with Gasteiger partial charge in [-0.2, -0.15) is 0 Å². The van der Waals surface area contributed by atoms with E-state index in [-0.39, 0.29) is 17.2 Å². The number of para-hydroxylation sites is 1. The van der Waals surface area contributed by atoms with Crippen molar-refractivity contribution in [1.29, 1.82) is 0 Å². The highest BCUT2D eigenvalue weighted by Gasteiger charge is 2.19. The van der Waals surface area contributed by atoms with E-state index in [0.29, 0.717) is 28.1 Å². The van der Waals surface area contributed by atoms with Crippen LogP contribution in [0.3, 0.4) is 0 Å². The second kappa shape index (κ2) is 12.9. The molecule has 0 radical (unpaired) electrons. The molecule has 0 spiro atoms. The number of rotatable bonds is 6. The molecule has 248 valence electrons. The molecular weight excluding hydrogens is 647 g/mol. The first-order chi connectivity index (χ1) is 28.3. The smallest absolute Gasteiger partial charge is 0.164 e. The topological polar surface area (TPSA) is 51.8 Å². The number of hydrogen-bond donors (Lipinski definition) is 0. The summed E-state index contributed by atoms with van der Waals surface area (Å²) in [4.78, 5) is 14.6. The molecule has 8 aromatic carbocycles. The molecule has 53 heavy (non-hydrogen) atoms. The highest BCUT2D eigenvalue weighted by molar-refractivity contribution is 6.15. The van der Waals surface area contributed by atoms with E-state index >= 15 is 0 Å². The Labute approximate surface area is 313 Å². The van der Waals surface area contributed by atoms with Crippen molar-refractivity contribution in [1.82, 2.24) is 15.0 Å². The van der Waals surface area contributed by atoms with Crippen LogP contribution in [0.15, 0.2) is 192 Å². The van der Waals surface area contributed by atoms with Crippen LogP contribution in [-0.2, 0) is 0 Å². The average molecular weight is 683 g/mol. The van der Waals surface area contributed by atoms with Gasteiger partial charge in [0.2, 0.25) is 0 Å². The van der Waals surface area contributed by atoms with E-state index in [1.54, 1.807) is 0 Å². The molecule has 0 unspecified atom stereocenters. The van der Waals surface area contributed by atoms with E-state index in [4.69, 9.17) is 26.2 Å². The minimum Gasteiger partial charge on any atom is -0.455 e. The normalized spacial score (nSPS) is 12.7. The Morgan fingerprint density at radius 1 is 0.377 bits per heavy atom. The zero-order valence-corrected chi connectivity index (χ0v) is 28.3. The maximum Gasteiger partial charge on any atom is 0.164 e. The SMILES string of the molecule is [2H]c1c([2H])c([2H])c(-c2nc(-c3ccc(-c4ccccc4)cc3)nc(-c3cccc4oc5c(-c6ccc(-c7cccc8ccccc78)cc6)cccc5c34)n2)c([2H])c1[2H]. The summed E-state index contributed by atoms with van der Waals surface area (Å²) in [7, 11) is 0. The first-order valence-electron chi connectivity index (χ1n) is 19.9. The highest BCUT2D eigenvalue weighted by atomic mass is 16.3. The predicted molar refractivity (Wildman–Crippen MR) is 217 cm³/mol. The van der Waals surface area contributed by atoms with Crippen molar-refractivity contribution in [3.63, 3.8) is 0 Å². The zero-order valence-electron chi connectivity index (χ0n) is 33.3. The van der Waals surface area contributed by atoms with Crippen molar-refractivity contribution in [3.05, 3.63) is 188 Å². The molecule has 0 N–H and O–H groups in total. The maximum atomic E-state index is 8.78. The lowest BCUT2D eigenvalue weighted by Crippen LogP contribution is -2.00. The summed E-state index contributed by atoms with van der Waals surface area (Å²) in [6, 6.07) is 50.7. The van der Waals surface area contributed by atoms with E-state index in [1.807, 2.05) is 91.0 Å². The Morgan fingerprint density at radius 2 is 0.925 bits per heavy atom. The maximum absolute atomic E-state index is 8.78. The molecule has 0 saturated heterocycles. The van der Waals surface area contributed by atoms with Gasteiger partial charge in [-0.15, -0.1) is 0 Å². The fourth-order valence-electron chi connectivity index (χ4n) is 7.11. The first kappa shape index (κ1) is 25.7. The summed E-state index contributed by atoms with van der Waals surface area (Å²) >= 11 is 0. The van der Waals surface area contributed by atoms with E-state index in [2.05, 4.69) is 66.7 Å². The average Bonchev–Trinajstić information content (AvgIpc) is 3.67. The van der Waals surface area contributed by atoms with Crippen LogP contribution in [0.25, 0.3) is 100 Å². The first-order valence-corrected chi connectivity index (χ1v) is 17.4. The molecule has 0 amide bonds. The summed E-state index contributed by atoms with van der Waals surface area (Å²) in [6.07, 6.45) is 0. The summed E-state index contributed by atoms with van der Waals surface area (Å²) in [6.45, 7) is 0. The standard InChI is InChI=1S/C49H31N3O/c1-3-12-32(13-4-1)33-24-30-38(31-25-33)48-50-47(37-15-5-2-6-16-37)51-49(52-48)43-22-11-23-44-45(43)42-21-10-20-41(46(42)53-44)36-28-26-35(27-29-36)40-19-9-17-34-14-7-8-18-39(34)40/h1-31H/i2D,5D,6D,15D,16D. The van der Waals surface area contributed by atoms with Gasteiger partial charge < -0.3 is 4.42 Å². The lowest BCUT2D eigenvalue weighted by atomic mass is 9.95. The van der Waals surface area contributed by atoms with Crippen molar-refractivity contribution in [2.75, 3.05) is 0 Å². The lowest BCUT2D eigenvalue weighted by molar-refractivity contribution is 0.670. The van der Waals surface area contributed by atoms with Gasteiger partial charge in [0.15, 0.2) is 17.5 Å². The van der Waals surface area contributed by atoms with Gasteiger partial charge >= 0.3 is 0 Å². The Kier molecular flexibility index (Phi) is 6.24. The number of fused-ring (bicyclic) bond motifs is 4. The van der Waals surface area contributed by atoms with Crippen molar-refractivity contribution >= 4 is 32.7 Å². The van der Waals surface area contributed by atoms with Gasteiger partial charge in [0.1, 0.15) is 11.2 Å². The molecule has 0 aliphatic heterocycles. The molecule has 4 heteroatoms. The van der Waals surface area contributed by atoms with Crippen molar-refractivity contribution in [3.8, 4) is 67.5 Å². The molecule has 0 atom stereocenters. The van der Waals surface area contributed by atoms with E-state index < -0.39 is 30.2 Å². The second-order valence-electron chi connectivity index (χ2n) is 12.8. The van der Waals surface area contributed by atoms with Crippen LogP contribution in [-0.4, -0.2) is 15.0 Å². The fourth-order valence-corrected chi connectivity index (χ4v) is 7.11. The number of furan rings is 1. The molecule has 0 bridgehead atoms. The molecule has 0 saturated carbocycles. The van der Waals surface area contributed by atoms with Gasteiger partial charge in [0.25, 0.3) is 0 Å². The Balaban J connectivity index is 1.13. The van der Waals surface area contributed by atoms with E-state index in [0.717, 1.165) is 38.6 Å². The summed E-state index contributed by atoms with van der Waals surface area (Å²) in [5.74, 6) is 0.543. The minimum absolute atomic E-state index is 0.0269. The van der Waals surface area contributed by atoms with E-state index in [9.17, 15) is 0 Å². The van der Waals surface area contributed by atoms with Gasteiger partial charge in [0.05, 0.1) is 6.85 Å². The number of hydrogen-bond acceptors (Lipinski definition) is 4. The van der Waals surface area contributed by atoms with Crippen LogP contribution in [0.1, 0.15) is 6.85 Å². The summed E-state index contributed by atoms with van der Waals surface area (Å²) in [5, 5.41) is 4.04. The summed E-state index contributed by atoms with van der Waals surface area (Å²) in [5.41, 5.74) is 8.85. The van der Waals surface area contributed by atoms with Crippen LogP contribution in [0.2, 0.25) is 0 Å². The predicted octanol–water partition coefficient (Wildman–Crippen LogP) is 12.9. The highest BCUT2D eigenvalue weighted by Crippen LogP contribution is 2.41. The quantitative estimate of drug-likeness (QED) is 0.175. The van der Waals surface area contributed by atoms with Crippen LogP contribution < -0.4 is 0 Å². The van der Waals surface area contributed by atoms with Gasteiger partial charge in [-0.25, -0.2) is 15.0 Å². The largest absolute Gasteiger partial charge is 0.455 e. The monoisotopic (exact) mass is 682 g/mol. The van der Waals surface area contributed by atoms with Gasteiger partial charge in [0, 0.05) is 33.0 Å². The number of benzene rings is 8. The molecule has 0 aliphatic carbocycles. The van der Waals surface area contributed by atoms with Crippen LogP contribution in [0.4, 0.5) is 0 Å². The third-order valence-electron chi connectivity index (χ3n) is 9.67. The molecule has 10 aromatic rings. The van der Waals surface area contributed by atoms with Crippen LogP contribution >= 0.6 is 0 Å². The third kappa shape index (κ3) is 5.54. The van der Waals surface area contributed by atoms with Gasteiger partial charge in [-0.1, -0.05) is 182 Å². The fraction of sp³-hybridized carbons (Fsp3) is 0. The third-order valence-corrected chi connectivity index (χ3v) is 9.67. The van der Waals surface area contributed by atoms with Crippen LogP contribution in [0, 0.1) is 0 Å². The van der Waals surface area contributed by atoms with Crippen LogP contribution in [0.5, 0.6) is 0 Å². The summed E-state index contributed by atoms with van der Waals surface area (Å²) < 4.78 is 49.2. The van der Waals surface area contributed by atoms with E-state index in [1.165, 1.54) is 16.3 Å². The van der Waals surface area contributed by atoms with Crippen molar-refractivity contribution < 1.29 is 11.3 Å².